The van der Waals surface area contributed by atoms with E-state index < -0.39 is 11.2 Å². The molecule has 1 N–H and O–H groups in total. The van der Waals surface area contributed by atoms with E-state index in [2.05, 4.69) is 17.1 Å². The smallest absolute Gasteiger partial charge is 0.175 e. The second-order valence-electron chi connectivity index (χ2n) is 8.91. The van der Waals surface area contributed by atoms with Gasteiger partial charge in [-0.2, -0.15) is 10.5 Å². The van der Waals surface area contributed by atoms with Crippen LogP contribution in [0.4, 0.5) is 0 Å². The van der Waals surface area contributed by atoms with Gasteiger partial charge in [-0.05, 0) is 57.2 Å². The number of hydrogen-bond donors (Lipinski definition) is 1. The fourth-order valence-electron chi connectivity index (χ4n) is 4.93. The molecule has 0 saturated heterocycles. The molecule has 1 aromatic heterocycles. The third-order valence-corrected chi connectivity index (χ3v) is 6.19. The van der Waals surface area contributed by atoms with Crippen LogP contribution in [0.2, 0.25) is 0 Å². The summed E-state index contributed by atoms with van der Waals surface area (Å²) < 4.78 is 6.54. The van der Waals surface area contributed by atoms with E-state index in [1.165, 1.54) is 6.20 Å². The SMILES string of the molecule is CN(C)C.N#Cc1ccc(C23Oc4cc(C#N)cnc4C2(O)CCC3c2ccccc2)cc1. The Morgan fingerprint density at radius 3 is 2.24 bits per heavy atom. The minimum absolute atomic E-state index is 0.110. The summed E-state index contributed by atoms with van der Waals surface area (Å²) in [5, 5.41) is 30.4. The molecular formula is C27H26N4O2. The number of fused-ring (bicyclic) bond motifs is 3. The van der Waals surface area contributed by atoms with Crippen LogP contribution >= 0.6 is 0 Å². The van der Waals surface area contributed by atoms with Crippen LogP contribution in [0.3, 0.4) is 0 Å². The van der Waals surface area contributed by atoms with Crippen molar-refractivity contribution >= 4 is 0 Å². The van der Waals surface area contributed by atoms with Crippen molar-refractivity contribution in [3.05, 3.63) is 94.8 Å². The van der Waals surface area contributed by atoms with Crippen LogP contribution in [-0.4, -0.2) is 36.1 Å². The molecule has 1 saturated carbocycles. The molecule has 1 aliphatic carbocycles. The van der Waals surface area contributed by atoms with Crippen LogP contribution in [0, 0.1) is 22.7 Å². The van der Waals surface area contributed by atoms with E-state index >= 15 is 0 Å². The highest BCUT2D eigenvalue weighted by Gasteiger charge is 2.69. The summed E-state index contributed by atoms with van der Waals surface area (Å²) in [6.07, 6.45) is 2.69. The van der Waals surface area contributed by atoms with E-state index in [0.717, 1.165) is 17.5 Å². The van der Waals surface area contributed by atoms with Crippen molar-refractivity contribution in [2.75, 3.05) is 21.1 Å². The second-order valence-corrected chi connectivity index (χ2v) is 8.91. The first-order valence-electron chi connectivity index (χ1n) is 10.8. The number of rotatable bonds is 2. The lowest BCUT2D eigenvalue weighted by molar-refractivity contribution is -0.107. The predicted molar refractivity (Wildman–Crippen MR) is 124 cm³/mol. The van der Waals surface area contributed by atoms with Crippen LogP contribution in [0.15, 0.2) is 66.9 Å². The molecule has 6 heteroatoms. The molecule has 0 bridgehead atoms. The summed E-state index contributed by atoms with van der Waals surface area (Å²) in [5.41, 5.74) is 0.862. The summed E-state index contributed by atoms with van der Waals surface area (Å²) in [6, 6.07) is 23.1. The van der Waals surface area contributed by atoms with Gasteiger partial charge in [0.1, 0.15) is 17.5 Å². The Balaban J connectivity index is 0.000000601. The van der Waals surface area contributed by atoms with Gasteiger partial charge in [-0.25, -0.2) is 0 Å². The van der Waals surface area contributed by atoms with Gasteiger partial charge in [0.05, 0.1) is 17.2 Å². The maximum atomic E-state index is 12.0. The van der Waals surface area contributed by atoms with E-state index in [4.69, 9.17) is 4.74 Å². The van der Waals surface area contributed by atoms with Crippen LogP contribution in [-0.2, 0) is 11.2 Å². The number of nitrogens with zero attached hydrogens (tertiary/aromatic N) is 4. The first-order valence-corrected chi connectivity index (χ1v) is 10.8. The normalized spacial score (nSPS) is 24.5. The lowest BCUT2D eigenvalue weighted by Gasteiger charge is -2.39. The summed E-state index contributed by atoms with van der Waals surface area (Å²) in [5.74, 6) is 0.331. The summed E-state index contributed by atoms with van der Waals surface area (Å²) in [7, 11) is 6.00. The molecule has 2 heterocycles. The van der Waals surface area contributed by atoms with Gasteiger partial charge in [-0.1, -0.05) is 42.5 Å². The van der Waals surface area contributed by atoms with Crippen molar-refractivity contribution in [2.24, 2.45) is 0 Å². The molecule has 33 heavy (non-hydrogen) atoms. The van der Waals surface area contributed by atoms with E-state index in [1.54, 1.807) is 18.2 Å². The maximum absolute atomic E-state index is 12.0. The largest absolute Gasteiger partial charge is 0.476 e. The standard InChI is InChI=1S/C24H17N3O2.C3H9N/c25-13-16-6-8-19(9-7-16)24-20(18-4-2-1-3-5-18)10-11-23(24,28)22-21(29-24)12-17(14-26)15-27-22;1-4(2)3/h1-9,12,15,20,28H,10-11H2;1-3H3. The number of pyridine rings is 1. The van der Waals surface area contributed by atoms with E-state index in [-0.39, 0.29) is 5.92 Å². The quantitative estimate of drug-likeness (QED) is 0.649. The number of aliphatic hydroxyl groups is 1. The molecule has 2 aromatic carbocycles. The molecule has 3 atom stereocenters. The highest BCUT2D eigenvalue weighted by molar-refractivity contribution is 5.53. The van der Waals surface area contributed by atoms with Crippen molar-refractivity contribution in [1.29, 1.82) is 10.5 Å². The molecular weight excluding hydrogens is 412 g/mol. The Bertz CT molecular complexity index is 1220. The van der Waals surface area contributed by atoms with Crippen LogP contribution < -0.4 is 4.74 Å². The van der Waals surface area contributed by atoms with Gasteiger partial charge in [0, 0.05) is 18.2 Å². The zero-order chi connectivity index (χ0) is 23.6. The topological polar surface area (TPSA) is 93.2 Å². The van der Waals surface area contributed by atoms with E-state index in [1.807, 2.05) is 68.5 Å². The Morgan fingerprint density at radius 1 is 1.00 bits per heavy atom. The first-order chi connectivity index (χ1) is 15.9. The molecule has 6 nitrogen and oxygen atoms in total. The maximum Gasteiger partial charge on any atom is 0.175 e. The Kier molecular flexibility index (Phi) is 5.91. The van der Waals surface area contributed by atoms with Crippen molar-refractivity contribution in [1.82, 2.24) is 9.88 Å². The van der Waals surface area contributed by atoms with Crippen LogP contribution in [0.1, 0.15) is 46.7 Å². The number of ether oxygens (including phenoxy) is 1. The lowest BCUT2D eigenvalue weighted by Crippen LogP contribution is -2.48. The molecule has 3 unspecified atom stereocenters. The summed E-state index contributed by atoms with van der Waals surface area (Å²) in [4.78, 5) is 6.43. The van der Waals surface area contributed by atoms with Gasteiger partial charge in [0.2, 0.25) is 0 Å². The van der Waals surface area contributed by atoms with Gasteiger partial charge in [0.15, 0.2) is 11.2 Å². The lowest BCUT2D eigenvalue weighted by atomic mass is 9.72. The third kappa shape index (κ3) is 3.64. The fraction of sp³-hybridized carbons (Fsp3) is 0.296. The molecule has 1 aliphatic heterocycles. The number of aromatic nitrogens is 1. The third-order valence-electron chi connectivity index (χ3n) is 6.19. The van der Waals surface area contributed by atoms with Crippen molar-refractivity contribution in [3.8, 4) is 17.9 Å². The van der Waals surface area contributed by atoms with Gasteiger partial charge in [-0.3, -0.25) is 4.98 Å². The Labute approximate surface area is 194 Å². The summed E-state index contributed by atoms with van der Waals surface area (Å²) >= 11 is 0. The average molecular weight is 439 g/mol. The Morgan fingerprint density at radius 2 is 1.64 bits per heavy atom. The molecule has 3 aromatic rings. The zero-order valence-electron chi connectivity index (χ0n) is 19.0. The highest BCUT2D eigenvalue weighted by atomic mass is 16.5. The molecule has 1 fully saturated rings. The monoisotopic (exact) mass is 438 g/mol. The minimum atomic E-state index is -1.33. The molecule has 0 amide bonds. The average Bonchev–Trinajstić information content (AvgIpc) is 3.26. The molecule has 166 valence electrons. The van der Waals surface area contributed by atoms with Crippen molar-refractivity contribution < 1.29 is 9.84 Å². The van der Waals surface area contributed by atoms with E-state index in [9.17, 15) is 15.6 Å². The zero-order valence-corrected chi connectivity index (χ0v) is 19.0. The fourth-order valence-corrected chi connectivity index (χ4v) is 4.93. The molecule has 0 spiro atoms. The predicted octanol–water partition coefficient (Wildman–Crippen LogP) is 4.06. The minimum Gasteiger partial charge on any atom is -0.476 e. The number of nitriles is 2. The van der Waals surface area contributed by atoms with Crippen molar-refractivity contribution in [2.45, 2.75) is 30.0 Å². The molecule has 2 aliphatic rings. The Hall–Kier alpha value is -3.71. The van der Waals surface area contributed by atoms with E-state index in [0.29, 0.717) is 29.0 Å². The van der Waals surface area contributed by atoms with Crippen LogP contribution in [0.25, 0.3) is 0 Å². The molecule has 0 radical (unpaired) electrons. The second kappa shape index (κ2) is 8.67. The van der Waals surface area contributed by atoms with Gasteiger partial charge in [-0.15, -0.1) is 0 Å². The van der Waals surface area contributed by atoms with Gasteiger partial charge < -0.3 is 14.7 Å². The van der Waals surface area contributed by atoms with Crippen molar-refractivity contribution in [3.63, 3.8) is 0 Å². The highest BCUT2D eigenvalue weighted by Crippen LogP contribution is 2.66. The summed E-state index contributed by atoms with van der Waals surface area (Å²) in [6.45, 7) is 0. The molecule has 5 rings (SSSR count). The number of hydrogen-bond acceptors (Lipinski definition) is 6. The number of benzene rings is 2. The van der Waals surface area contributed by atoms with Gasteiger partial charge >= 0.3 is 0 Å². The van der Waals surface area contributed by atoms with Crippen LogP contribution in [0.5, 0.6) is 5.75 Å². The first kappa shape index (κ1) is 22.5. The van der Waals surface area contributed by atoms with Gasteiger partial charge in [0.25, 0.3) is 0 Å².